The molecule has 3 rings (SSSR count). The highest BCUT2D eigenvalue weighted by molar-refractivity contribution is 7.61. The Bertz CT molecular complexity index is 1130. The van der Waals surface area contributed by atoms with Crippen LogP contribution in [0.3, 0.4) is 0 Å². The molecule has 0 saturated carbocycles. The van der Waals surface area contributed by atoms with E-state index < -0.39 is 95.4 Å². The van der Waals surface area contributed by atoms with Gasteiger partial charge in [0.15, 0.2) is 12.5 Å². The predicted molar refractivity (Wildman–Crippen MR) is 119 cm³/mol. The van der Waals surface area contributed by atoms with Gasteiger partial charge in [0.05, 0.1) is 13.2 Å². The number of aliphatic hydroxyl groups excluding tert-OH is 6. The molecule has 1 aromatic heterocycles. The molecule has 0 aromatic carbocycles. The molecule has 11 atom stereocenters. The van der Waals surface area contributed by atoms with E-state index in [1.165, 1.54) is 0 Å². The first kappa shape index (κ1) is 34.6. The van der Waals surface area contributed by atoms with Crippen molar-refractivity contribution in [2.24, 2.45) is 0 Å². The highest BCUT2D eigenvalue weighted by atomic mass is 31.3. The number of aliphatic hydroxyl groups is 6. The maximum absolute atomic E-state index is 12.2. The average molecular weight is 606 g/mol. The number of nitrogens with one attached hydrogen (secondary N) is 1. The van der Waals surface area contributed by atoms with Crippen LogP contribution in [0.5, 0.6) is 0 Å². The number of H-pyrrole nitrogens is 1. The van der Waals surface area contributed by atoms with Gasteiger partial charge in [0.25, 0.3) is 5.56 Å². The van der Waals surface area contributed by atoms with Gasteiger partial charge in [-0.3, -0.25) is 23.4 Å². The Labute approximate surface area is 212 Å². The summed E-state index contributed by atoms with van der Waals surface area (Å²) in [6.45, 7) is -1.93. The van der Waals surface area contributed by atoms with E-state index in [0.29, 0.717) is 0 Å². The number of ether oxygens (including phenoxy) is 2. The van der Waals surface area contributed by atoms with Crippen molar-refractivity contribution >= 4 is 15.6 Å². The van der Waals surface area contributed by atoms with E-state index >= 15 is 0 Å². The molecule has 1 aromatic rings. The third kappa shape index (κ3) is 7.81. The fourth-order valence-corrected chi connectivity index (χ4v) is 5.51. The Morgan fingerprint density at radius 3 is 2.08 bits per heavy atom. The second-order valence-electron chi connectivity index (χ2n) is 7.68. The van der Waals surface area contributed by atoms with Gasteiger partial charge in [0.1, 0.15) is 42.7 Å². The molecule has 0 bridgehead atoms. The summed E-state index contributed by atoms with van der Waals surface area (Å²) in [5.74, 6) is 0. The molecule has 2 aliphatic heterocycles. The van der Waals surface area contributed by atoms with Gasteiger partial charge >= 0.3 is 21.3 Å². The minimum Gasteiger partial charge on any atom is -0.394 e. The zero-order chi connectivity index (χ0) is 27.0. The molecule has 0 amide bonds. The minimum atomic E-state index is -5.59. The van der Waals surface area contributed by atoms with Crippen LogP contribution in [0.1, 0.15) is 6.23 Å². The van der Waals surface area contributed by atoms with E-state index in [1.54, 1.807) is 0 Å². The van der Waals surface area contributed by atoms with Crippen molar-refractivity contribution in [3.63, 3.8) is 0 Å². The second-order valence-corrected chi connectivity index (χ2v) is 10.7. The van der Waals surface area contributed by atoms with Crippen LogP contribution in [0, 0.1) is 0 Å². The maximum atomic E-state index is 12.2. The van der Waals surface area contributed by atoms with Crippen molar-refractivity contribution in [2.45, 2.75) is 55.2 Å². The lowest BCUT2D eigenvalue weighted by Crippen LogP contribution is -2.58. The SMILES string of the molecule is N.N.O=c1ccn([C@@H]2O[C@H](COP(=O)(O)OP(=O)(O)O[13C@H]3O[13C@H]([13CH2]O)[13C@@H](O)[13C@H](O)[13C@H]3O)[C@@H](O)[C@H]2O)c(=O)[nH]1. The first-order chi connectivity index (χ1) is 16.7. The Hall–Kier alpha value is -1.46. The van der Waals surface area contributed by atoms with Crippen molar-refractivity contribution in [1.29, 1.82) is 0 Å². The third-order valence-electron chi connectivity index (χ3n) is 5.16. The van der Waals surface area contributed by atoms with Gasteiger partial charge < -0.3 is 62.2 Å². The lowest BCUT2D eigenvalue weighted by Gasteiger charge is -2.39. The number of aromatic amines is 1. The number of phosphoric acid groups is 2. The van der Waals surface area contributed by atoms with Crippen molar-refractivity contribution in [1.82, 2.24) is 21.9 Å². The summed E-state index contributed by atoms with van der Waals surface area (Å²) in [5, 5.41) is 58.6. The summed E-state index contributed by atoms with van der Waals surface area (Å²) < 4.78 is 48.1. The summed E-state index contributed by atoms with van der Waals surface area (Å²) in [6, 6.07) is 0.928. The van der Waals surface area contributed by atoms with Crippen LogP contribution < -0.4 is 23.6 Å². The van der Waals surface area contributed by atoms with Crippen molar-refractivity contribution in [3.8, 4) is 0 Å². The highest BCUT2D eigenvalue weighted by Crippen LogP contribution is 2.61. The van der Waals surface area contributed by atoms with E-state index in [0.717, 1.165) is 16.8 Å². The number of hydrogen-bond acceptors (Lipinski definition) is 17. The third-order valence-corrected chi connectivity index (χ3v) is 7.76. The maximum Gasteiger partial charge on any atom is 0.483 e. The monoisotopic (exact) mass is 606 g/mol. The topological polar surface area (TPSA) is 367 Å². The zero-order valence-electron chi connectivity index (χ0n) is 19.3. The van der Waals surface area contributed by atoms with E-state index in [9.17, 15) is 54.0 Å². The Kier molecular flexibility index (Phi) is 12.1. The van der Waals surface area contributed by atoms with Crippen LogP contribution >= 0.6 is 15.6 Å². The molecule has 38 heavy (non-hydrogen) atoms. The van der Waals surface area contributed by atoms with Gasteiger partial charge in [-0.25, -0.2) is 13.9 Å². The molecule has 21 nitrogen and oxygen atoms in total. The zero-order valence-corrected chi connectivity index (χ0v) is 21.1. The number of nitrogens with zero attached hydrogens (tertiary/aromatic N) is 1. The number of aromatic nitrogens is 2. The predicted octanol–water partition coefficient (Wildman–Crippen LogP) is -4.47. The molecule has 2 aliphatic rings. The van der Waals surface area contributed by atoms with Crippen LogP contribution in [0.15, 0.2) is 21.9 Å². The molecule has 2 saturated heterocycles. The Morgan fingerprint density at radius 1 is 0.895 bits per heavy atom. The van der Waals surface area contributed by atoms with Crippen molar-refractivity contribution < 1.29 is 72.4 Å². The number of rotatable bonds is 9. The molecular weight excluding hydrogens is 576 g/mol. The minimum absolute atomic E-state index is 0. The van der Waals surface area contributed by atoms with E-state index in [1.807, 2.05) is 4.98 Å². The summed E-state index contributed by atoms with van der Waals surface area (Å²) in [7, 11) is -11.1. The molecule has 2 unspecified atom stereocenters. The van der Waals surface area contributed by atoms with Gasteiger partial charge in [0, 0.05) is 12.3 Å². The van der Waals surface area contributed by atoms with Gasteiger partial charge in [-0.2, -0.15) is 4.31 Å². The van der Waals surface area contributed by atoms with Gasteiger partial charge in [-0.15, -0.1) is 0 Å². The van der Waals surface area contributed by atoms with Crippen molar-refractivity contribution in [2.75, 3.05) is 13.2 Å². The molecule has 222 valence electrons. The molecule has 2 fully saturated rings. The van der Waals surface area contributed by atoms with Crippen LogP contribution in [-0.4, -0.2) is 112 Å². The van der Waals surface area contributed by atoms with Crippen LogP contribution in [0.25, 0.3) is 0 Å². The Morgan fingerprint density at radius 2 is 1.50 bits per heavy atom. The smallest absolute Gasteiger partial charge is 0.394 e. The van der Waals surface area contributed by atoms with Crippen LogP contribution in [0.4, 0.5) is 0 Å². The summed E-state index contributed by atoms with van der Waals surface area (Å²) >= 11 is 0. The van der Waals surface area contributed by atoms with Crippen LogP contribution in [-0.2, 0) is 32.0 Å². The fourth-order valence-electron chi connectivity index (χ4n) is 3.35. The summed E-state index contributed by atoms with van der Waals surface area (Å²) in [6.07, 6.45) is -15.4. The lowest BCUT2D eigenvalue weighted by molar-refractivity contribution is -0.280. The van der Waals surface area contributed by atoms with Crippen molar-refractivity contribution in [3.05, 3.63) is 33.1 Å². The van der Waals surface area contributed by atoms with Crippen LogP contribution in [0.2, 0.25) is 0 Å². The molecular formula is C15H30N4O17P2. The summed E-state index contributed by atoms with van der Waals surface area (Å²) in [5.41, 5.74) is -1.75. The normalized spacial score (nSPS) is 36.4. The van der Waals surface area contributed by atoms with E-state index in [4.69, 9.17) is 14.6 Å². The van der Waals surface area contributed by atoms with Gasteiger partial charge in [-0.1, -0.05) is 0 Å². The lowest BCUT2D eigenvalue weighted by atomic mass is 10.1. The molecule has 0 spiro atoms. The molecule has 0 radical (unpaired) electrons. The van der Waals surface area contributed by atoms with Gasteiger partial charge in [-0.05, 0) is 0 Å². The number of hydrogen-bond donors (Lipinski definition) is 11. The Balaban J connectivity index is 0.00000361. The fraction of sp³-hybridized carbons (Fsp3) is 0.733. The standard InChI is InChI=1S/C15H24N2O17P2.2H3N/c18-3-5-8(20)10(22)12(24)14(32-5)33-36(28,29)34-35(26,27)30-4-6-9(21)11(23)13(31-6)17-2-1-7(19)16-15(17)25;;/h1-2,5-6,8-14,18,20-24H,3-4H2,(H,26,27)(H,28,29)(H,16,19,25);2*1H3/t5-,6-,8-,9-,10+,11-,12-,13-,14-;;/m1../s1/i3+1,5+1,8+1,10+1,12+1,14+1;;. The molecule has 15 N–H and O–H groups in total. The highest BCUT2D eigenvalue weighted by Gasteiger charge is 2.49. The number of phosphoric ester groups is 2. The molecule has 3 heterocycles. The quantitative estimate of drug-likeness (QED) is 0.0932. The first-order valence-electron chi connectivity index (χ1n) is 9.99. The molecule has 0 aliphatic carbocycles. The second kappa shape index (κ2) is 13.3. The summed E-state index contributed by atoms with van der Waals surface area (Å²) in [4.78, 5) is 44.5. The first-order valence-corrected chi connectivity index (χ1v) is 13.0. The molecule has 23 heteroatoms. The average Bonchev–Trinajstić information content (AvgIpc) is 3.06. The van der Waals surface area contributed by atoms with Gasteiger partial charge in [0.2, 0.25) is 0 Å². The van der Waals surface area contributed by atoms with E-state index in [2.05, 4.69) is 13.4 Å². The largest absolute Gasteiger partial charge is 0.483 e. The van der Waals surface area contributed by atoms with E-state index in [-0.39, 0.29) is 12.3 Å².